The predicted octanol–water partition coefficient (Wildman–Crippen LogP) is 4.63. The molecule has 0 spiro atoms. The molecule has 0 saturated heterocycles. The first-order chi connectivity index (χ1) is 9.49. The Kier molecular flexibility index (Phi) is 3.19. The van der Waals surface area contributed by atoms with Gasteiger partial charge in [0.25, 0.3) is 0 Å². The SMILES string of the molecule is Cc1cc(C)c(-c2c(Cl)nc3ccnn3c2Cl)c(C)c1. The van der Waals surface area contributed by atoms with Crippen LogP contribution < -0.4 is 0 Å². The Morgan fingerprint density at radius 1 is 1.00 bits per heavy atom. The van der Waals surface area contributed by atoms with Crippen LogP contribution in [0.2, 0.25) is 10.3 Å². The van der Waals surface area contributed by atoms with Gasteiger partial charge in [0.05, 0.1) is 11.8 Å². The van der Waals surface area contributed by atoms with Crippen molar-refractivity contribution in [3.8, 4) is 11.1 Å². The van der Waals surface area contributed by atoms with Gasteiger partial charge >= 0.3 is 0 Å². The van der Waals surface area contributed by atoms with Crippen LogP contribution in [0.15, 0.2) is 24.4 Å². The molecular weight excluding hydrogens is 293 g/mol. The maximum absolute atomic E-state index is 6.48. The molecule has 2 heterocycles. The summed E-state index contributed by atoms with van der Waals surface area (Å²) < 4.78 is 1.60. The van der Waals surface area contributed by atoms with E-state index >= 15 is 0 Å². The fraction of sp³-hybridized carbons (Fsp3) is 0.200. The zero-order valence-corrected chi connectivity index (χ0v) is 12.9. The highest BCUT2D eigenvalue weighted by Crippen LogP contribution is 2.38. The van der Waals surface area contributed by atoms with Crippen molar-refractivity contribution < 1.29 is 0 Å². The van der Waals surface area contributed by atoms with Crippen molar-refractivity contribution in [3.63, 3.8) is 0 Å². The van der Waals surface area contributed by atoms with Crippen LogP contribution in [0.4, 0.5) is 0 Å². The molecule has 0 aliphatic heterocycles. The maximum atomic E-state index is 6.48. The van der Waals surface area contributed by atoms with E-state index in [2.05, 4.69) is 43.0 Å². The molecule has 3 nitrogen and oxygen atoms in total. The summed E-state index contributed by atoms with van der Waals surface area (Å²) in [4.78, 5) is 4.36. The highest BCUT2D eigenvalue weighted by molar-refractivity contribution is 6.38. The quantitative estimate of drug-likeness (QED) is 0.614. The molecule has 1 aromatic carbocycles. The summed E-state index contributed by atoms with van der Waals surface area (Å²) in [5, 5.41) is 5.07. The lowest BCUT2D eigenvalue weighted by Crippen LogP contribution is -1.99. The Hall–Kier alpha value is -1.58. The topological polar surface area (TPSA) is 30.2 Å². The first kappa shape index (κ1) is 13.4. The first-order valence-corrected chi connectivity index (χ1v) is 7.01. The molecule has 0 aliphatic carbocycles. The molecule has 102 valence electrons. The molecule has 0 radical (unpaired) electrons. The molecule has 3 rings (SSSR count). The van der Waals surface area contributed by atoms with Gasteiger partial charge in [-0.1, -0.05) is 40.9 Å². The van der Waals surface area contributed by atoms with Crippen molar-refractivity contribution >= 4 is 28.8 Å². The van der Waals surface area contributed by atoms with Gasteiger partial charge in [-0.2, -0.15) is 5.10 Å². The van der Waals surface area contributed by atoms with Crippen LogP contribution in [0.25, 0.3) is 16.8 Å². The lowest BCUT2D eigenvalue weighted by molar-refractivity contribution is 0.941. The fourth-order valence-electron chi connectivity index (χ4n) is 2.66. The second-order valence-corrected chi connectivity index (χ2v) is 5.66. The standard InChI is InChI=1S/C15H13Cl2N3/c1-8-6-9(2)12(10(3)7-8)13-14(16)19-11-4-5-18-20(11)15(13)17/h4-7H,1-3H3. The van der Waals surface area contributed by atoms with Crippen molar-refractivity contribution in [1.82, 2.24) is 14.6 Å². The molecule has 20 heavy (non-hydrogen) atoms. The number of rotatable bonds is 1. The third kappa shape index (κ3) is 1.98. The van der Waals surface area contributed by atoms with Gasteiger partial charge < -0.3 is 0 Å². The van der Waals surface area contributed by atoms with Gasteiger partial charge in [0.1, 0.15) is 10.3 Å². The van der Waals surface area contributed by atoms with E-state index in [9.17, 15) is 0 Å². The number of aromatic nitrogens is 3. The fourth-order valence-corrected chi connectivity index (χ4v) is 3.29. The number of hydrogen-bond acceptors (Lipinski definition) is 2. The van der Waals surface area contributed by atoms with Crippen molar-refractivity contribution in [2.75, 3.05) is 0 Å². The molecule has 0 unspecified atom stereocenters. The van der Waals surface area contributed by atoms with Crippen molar-refractivity contribution in [2.24, 2.45) is 0 Å². The molecule has 0 atom stereocenters. The first-order valence-electron chi connectivity index (χ1n) is 6.26. The largest absolute Gasteiger partial charge is 0.216 e. The second kappa shape index (κ2) is 4.76. The zero-order chi connectivity index (χ0) is 14.4. The lowest BCUT2D eigenvalue weighted by Gasteiger charge is -2.14. The van der Waals surface area contributed by atoms with Crippen LogP contribution in [-0.4, -0.2) is 14.6 Å². The number of halogens is 2. The summed E-state index contributed by atoms with van der Waals surface area (Å²) >= 11 is 12.8. The molecule has 0 bridgehead atoms. The van der Waals surface area contributed by atoms with Crippen LogP contribution in [0.1, 0.15) is 16.7 Å². The van der Waals surface area contributed by atoms with Crippen molar-refractivity contribution in [2.45, 2.75) is 20.8 Å². The van der Waals surface area contributed by atoms with E-state index in [4.69, 9.17) is 23.2 Å². The van der Waals surface area contributed by atoms with Gasteiger partial charge in [-0.25, -0.2) is 9.50 Å². The Balaban J connectivity index is 2.40. The third-order valence-corrected chi connectivity index (χ3v) is 3.98. The van der Waals surface area contributed by atoms with Gasteiger partial charge in [-0.05, 0) is 37.5 Å². The summed E-state index contributed by atoms with van der Waals surface area (Å²) in [6.45, 7) is 6.17. The minimum atomic E-state index is 0.401. The number of nitrogens with zero attached hydrogens (tertiary/aromatic N) is 3. The second-order valence-electron chi connectivity index (χ2n) is 4.94. The molecular formula is C15H13Cl2N3. The normalized spacial score (nSPS) is 11.2. The minimum absolute atomic E-state index is 0.401. The number of fused-ring (bicyclic) bond motifs is 1. The minimum Gasteiger partial charge on any atom is -0.216 e. The third-order valence-electron chi connectivity index (χ3n) is 3.36. The van der Waals surface area contributed by atoms with Gasteiger partial charge in [0.2, 0.25) is 0 Å². The highest BCUT2D eigenvalue weighted by atomic mass is 35.5. The van der Waals surface area contributed by atoms with Gasteiger partial charge in [-0.15, -0.1) is 0 Å². The monoisotopic (exact) mass is 305 g/mol. The Bertz CT molecular complexity index is 798. The summed E-state index contributed by atoms with van der Waals surface area (Å²) in [5.74, 6) is 0. The van der Waals surface area contributed by atoms with E-state index in [1.807, 2.05) is 0 Å². The molecule has 0 saturated carbocycles. The number of hydrogen-bond donors (Lipinski definition) is 0. The number of aryl methyl sites for hydroxylation is 3. The number of benzene rings is 1. The Labute approximate surface area is 127 Å². The van der Waals surface area contributed by atoms with Crippen LogP contribution in [0.3, 0.4) is 0 Å². The molecule has 0 aliphatic rings. The summed E-state index contributed by atoms with van der Waals surface area (Å²) in [7, 11) is 0. The maximum Gasteiger partial charge on any atom is 0.158 e. The van der Waals surface area contributed by atoms with Gasteiger partial charge in [0, 0.05) is 6.07 Å². The summed E-state index contributed by atoms with van der Waals surface area (Å²) in [6, 6.07) is 6.00. The molecule has 0 amide bonds. The molecule has 2 aromatic heterocycles. The van der Waals surface area contributed by atoms with Crippen molar-refractivity contribution in [1.29, 1.82) is 0 Å². The highest BCUT2D eigenvalue weighted by Gasteiger charge is 2.18. The molecule has 3 aromatic rings. The zero-order valence-electron chi connectivity index (χ0n) is 11.4. The summed E-state index contributed by atoms with van der Waals surface area (Å²) in [5.41, 5.74) is 5.87. The van der Waals surface area contributed by atoms with Gasteiger partial charge in [-0.3, -0.25) is 0 Å². The smallest absolute Gasteiger partial charge is 0.158 e. The van der Waals surface area contributed by atoms with Crippen molar-refractivity contribution in [3.05, 3.63) is 51.4 Å². The Morgan fingerprint density at radius 3 is 2.30 bits per heavy atom. The Morgan fingerprint density at radius 2 is 1.65 bits per heavy atom. The van der Waals surface area contributed by atoms with E-state index in [0.717, 1.165) is 22.3 Å². The van der Waals surface area contributed by atoms with Crippen LogP contribution >= 0.6 is 23.2 Å². The molecule has 0 N–H and O–H groups in total. The van der Waals surface area contributed by atoms with E-state index in [0.29, 0.717) is 16.0 Å². The van der Waals surface area contributed by atoms with E-state index in [1.165, 1.54) is 5.56 Å². The molecule has 0 fully saturated rings. The molecule has 5 heteroatoms. The van der Waals surface area contributed by atoms with Gasteiger partial charge in [0.15, 0.2) is 5.65 Å². The summed E-state index contributed by atoms with van der Waals surface area (Å²) in [6.07, 6.45) is 1.66. The average molecular weight is 306 g/mol. The average Bonchev–Trinajstić information content (AvgIpc) is 2.80. The van der Waals surface area contributed by atoms with E-state index in [1.54, 1.807) is 16.8 Å². The lowest BCUT2D eigenvalue weighted by atomic mass is 9.95. The van der Waals surface area contributed by atoms with Crippen LogP contribution in [0, 0.1) is 20.8 Å². The van der Waals surface area contributed by atoms with Crippen LogP contribution in [0.5, 0.6) is 0 Å². The van der Waals surface area contributed by atoms with E-state index in [-0.39, 0.29) is 0 Å². The van der Waals surface area contributed by atoms with E-state index < -0.39 is 0 Å². The van der Waals surface area contributed by atoms with Crippen LogP contribution in [-0.2, 0) is 0 Å². The predicted molar refractivity (Wildman–Crippen MR) is 82.7 cm³/mol.